The minimum Gasteiger partial charge on any atom is -0.456 e. The van der Waals surface area contributed by atoms with Crippen molar-refractivity contribution >= 4 is 11.8 Å². The summed E-state index contributed by atoms with van der Waals surface area (Å²) in [5, 5.41) is 0. The average Bonchev–Trinajstić information content (AvgIpc) is 2.26. The van der Waals surface area contributed by atoms with Crippen molar-refractivity contribution < 1.29 is 22.7 Å². The average molecular weight is 258 g/mol. The number of carbonyl (C=O) groups excluding carboxylic acids is 1. The number of hydrogen-bond acceptors (Lipinski definition) is 4. The van der Waals surface area contributed by atoms with Crippen LogP contribution in [0.5, 0.6) is 0 Å². The molecular formula is C11H9F3N2O2. The van der Waals surface area contributed by atoms with E-state index in [2.05, 4.69) is 15.6 Å². The summed E-state index contributed by atoms with van der Waals surface area (Å²) in [6, 6.07) is 0.731. The molecule has 0 spiro atoms. The molecule has 96 valence electrons. The molecule has 1 aromatic rings. The van der Waals surface area contributed by atoms with Crippen LogP contribution in [0.1, 0.15) is 18.1 Å². The molecule has 18 heavy (non-hydrogen) atoms. The zero-order chi connectivity index (χ0) is 13.8. The summed E-state index contributed by atoms with van der Waals surface area (Å²) >= 11 is 0. The zero-order valence-corrected chi connectivity index (χ0v) is 9.34. The van der Waals surface area contributed by atoms with Crippen LogP contribution in [0.2, 0.25) is 0 Å². The molecule has 0 aliphatic heterocycles. The number of halogens is 3. The minimum absolute atomic E-state index is 0.129. The number of nitrogen functional groups attached to an aromatic ring is 1. The lowest BCUT2D eigenvalue weighted by atomic mass is 10.2. The van der Waals surface area contributed by atoms with E-state index >= 15 is 0 Å². The van der Waals surface area contributed by atoms with E-state index in [0.717, 1.165) is 6.07 Å². The zero-order valence-electron chi connectivity index (χ0n) is 9.34. The monoisotopic (exact) mass is 258 g/mol. The van der Waals surface area contributed by atoms with Gasteiger partial charge in [0.25, 0.3) is 0 Å². The van der Waals surface area contributed by atoms with Crippen molar-refractivity contribution in [1.82, 2.24) is 4.98 Å². The lowest BCUT2D eigenvalue weighted by Crippen LogP contribution is -2.08. The van der Waals surface area contributed by atoms with Crippen LogP contribution >= 0.6 is 0 Å². The second kappa shape index (κ2) is 5.40. The SMILES string of the molecule is CCOC(=O)C#Cc1cc(C(F)(F)F)cnc1N. The Balaban J connectivity index is 3.06. The Kier molecular flexibility index (Phi) is 4.15. The topological polar surface area (TPSA) is 65.2 Å². The van der Waals surface area contributed by atoms with Gasteiger partial charge < -0.3 is 10.5 Å². The van der Waals surface area contributed by atoms with Crippen molar-refractivity contribution in [1.29, 1.82) is 0 Å². The predicted molar refractivity (Wildman–Crippen MR) is 57.2 cm³/mol. The molecule has 1 heterocycles. The van der Waals surface area contributed by atoms with Gasteiger partial charge in [-0.2, -0.15) is 13.2 Å². The number of aromatic nitrogens is 1. The second-order valence-corrected chi connectivity index (χ2v) is 3.13. The molecule has 1 rings (SSSR count). The Morgan fingerprint density at radius 2 is 2.22 bits per heavy atom. The maximum absolute atomic E-state index is 12.4. The minimum atomic E-state index is -4.54. The number of alkyl halides is 3. The molecule has 0 bridgehead atoms. The number of carbonyl (C=O) groups is 1. The third-order valence-electron chi connectivity index (χ3n) is 1.82. The summed E-state index contributed by atoms with van der Waals surface area (Å²) in [5.74, 6) is 3.20. The van der Waals surface area contributed by atoms with Crippen molar-refractivity contribution in [3.05, 3.63) is 23.4 Å². The van der Waals surface area contributed by atoms with Gasteiger partial charge in [-0.15, -0.1) is 0 Å². The normalized spacial score (nSPS) is 10.4. The van der Waals surface area contributed by atoms with E-state index < -0.39 is 17.7 Å². The van der Waals surface area contributed by atoms with E-state index in [4.69, 9.17) is 5.73 Å². The molecule has 0 radical (unpaired) electrons. The van der Waals surface area contributed by atoms with Crippen LogP contribution in [0, 0.1) is 11.8 Å². The van der Waals surface area contributed by atoms with E-state index in [1.165, 1.54) is 0 Å². The van der Waals surface area contributed by atoms with Gasteiger partial charge in [0.1, 0.15) is 5.82 Å². The Labute approximate surface area is 101 Å². The quantitative estimate of drug-likeness (QED) is 0.613. The smallest absolute Gasteiger partial charge is 0.417 e. The molecule has 7 heteroatoms. The highest BCUT2D eigenvalue weighted by atomic mass is 19.4. The lowest BCUT2D eigenvalue weighted by molar-refractivity contribution is -0.138. The number of esters is 1. The Morgan fingerprint density at radius 3 is 2.78 bits per heavy atom. The number of nitrogens with two attached hydrogens (primary N) is 1. The molecule has 0 saturated carbocycles. The van der Waals surface area contributed by atoms with Crippen LogP contribution < -0.4 is 5.73 Å². The largest absolute Gasteiger partial charge is 0.456 e. The molecule has 2 N–H and O–H groups in total. The number of pyridine rings is 1. The first-order valence-corrected chi connectivity index (χ1v) is 4.86. The Bertz CT molecular complexity index is 515. The molecule has 1 aromatic heterocycles. The molecule has 0 fully saturated rings. The molecule has 0 amide bonds. The fraction of sp³-hybridized carbons (Fsp3) is 0.273. The first kappa shape index (κ1) is 13.8. The Morgan fingerprint density at radius 1 is 1.56 bits per heavy atom. The standard InChI is InChI=1S/C11H9F3N2O2/c1-2-18-9(17)4-3-7-5-8(11(12,13)14)6-16-10(7)15/h5-6H,2H2,1H3,(H2,15,16). The fourth-order valence-electron chi connectivity index (χ4n) is 1.02. The fourth-order valence-corrected chi connectivity index (χ4v) is 1.02. The third kappa shape index (κ3) is 3.66. The molecule has 0 saturated heterocycles. The Hall–Kier alpha value is -2.23. The number of anilines is 1. The molecule has 0 unspecified atom stereocenters. The van der Waals surface area contributed by atoms with Crippen LogP contribution in [0.25, 0.3) is 0 Å². The number of hydrogen-bond donors (Lipinski definition) is 1. The van der Waals surface area contributed by atoms with Gasteiger partial charge in [-0.05, 0) is 13.0 Å². The van der Waals surface area contributed by atoms with E-state index in [-0.39, 0.29) is 18.0 Å². The van der Waals surface area contributed by atoms with Crippen molar-refractivity contribution in [3.63, 3.8) is 0 Å². The highest BCUT2D eigenvalue weighted by Gasteiger charge is 2.31. The summed E-state index contributed by atoms with van der Waals surface area (Å²) in [6.45, 7) is 1.71. The summed E-state index contributed by atoms with van der Waals surface area (Å²) in [5.41, 5.74) is 4.21. The molecule has 0 atom stereocenters. The van der Waals surface area contributed by atoms with Gasteiger partial charge >= 0.3 is 12.1 Å². The molecule has 0 aromatic carbocycles. The van der Waals surface area contributed by atoms with Crippen molar-refractivity contribution in [2.45, 2.75) is 13.1 Å². The van der Waals surface area contributed by atoms with Crippen LogP contribution in [0.4, 0.5) is 19.0 Å². The summed E-state index contributed by atoms with van der Waals surface area (Å²) in [7, 11) is 0. The maximum atomic E-state index is 12.4. The van der Waals surface area contributed by atoms with E-state index in [9.17, 15) is 18.0 Å². The first-order chi connectivity index (χ1) is 8.34. The number of nitrogens with zero attached hydrogens (tertiary/aromatic N) is 1. The predicted octanol–water partition coefficient (Wildman–Crippen LogP) is 1.60. The number of rotatable bonds is 1. The van der Waals surface area contributed by atoms with Crippen LogP contribution in [0.15, 0.2) is 12.3 Å². The van der Waals surface area contributed by atoms with Gasteiger partial charge in [0.05, 0.1) is 17.7 Å². The van der Waals surface area contributed by atoms with Gasteiger partial charge in [0.2, 0.25) is 0 Å². The molecule has 0 aliphatic rings. The molecule has 4 nitrogen and oxygen atoms in total. The van der Waals surface area contributed by atoms with E-state index in [0.29, 0.717) is 6.20 Å². The van der Waals surface area contributed by atoms with Crippen LogP contribution in [-0.2, 0) is 15.7 Å². The number of ether oxygens (including phenoxy) is 1. The van der Waals surface area contributed by atoms with Gasteiger partial charge in [0.15, 0.2) is 0 Å². The lowest BCUT2D eigenvalue weighted by Gasteiger charge is -2.06. The molecule has 0 aliphatic carbocycles. The van der Waals surface area contributed by atoms with Gasteiger partial charge in [-0.1, -0.05) is 5.92 Å². The highest BCUT2D eigenvalue weighted by Crippen LogP contribution is 2.29. The van der Waals surface area contributed by atoms with E-state index in [1.54, 1.807) is 6.92 Å². The van der Waals surface area contributed by atoms with E-state index in [1.807, 2.05) is 5.92 Å². The first-order valence-electron chi connectivity index (χ1n) is 4.86. The van der Waals surface area contributed by atoms with Crippen LogP contribution in [-0.4, -0.2) is 17.6 Å². The van der Waals surface area contributed by atoms with Crippen LogP contribution in [0.3, 0.4) is 0 Å². The highest BCUT2D eigenvalue weighted by molar-refractivity contribution is 5.89. The summed E-state index contributed by atoms with van der Waals surface area (Å²) < 4.78 is 41.7. The maximum Gasteiger partial charge on any atom is 0.417 e. The van der Waals surface area contributed by atoms with Gasteiger partial charge in [-0.25, -0.2) is 9.78 Å². The van der Waals surface area contributed by atoms with Crippen molar-refractivity contribution in [3.8, 4) is 11.8 Å². The molecular weight excluding hydrogens is 249 g/mol. The summed E-state index contributed by atoms with van der Waals surface area (Å²) in [4.78, 5) is 14.3. The summed E-state index contributed by atoms with van der Waals surface area (Å²) in [6.07, 6.45) is -3.94. The second-order valence-electron chi connectivity index (χ2n) is 3.13. The van der Waals surface area contributed by atoms with Gasteiger partial charge in [0, 0.05) is 12.1 Å². The third-order valence-corrected chi connectivity index (χ3v) is 1.82. The van der Waals surface area contributed by atoms with Crippen molar-refractivity contribution in [2.24, 2.45) is 0 Å². The van der Waals surface area contributed by atoms with Crippen molar-refractivity contribution in [2.75, 3.05) is 12.3 Å². The van der Waals surface area contributed by atoms with Gasteiger partial charge in [-0.3, -0.25) is 0 Å².